The second-order valence-corrected chi connectivity index (χ2v) is 2.83. The highest BCUT2D eigenvalue weighted by Crippen LogP contribution is 2.09. The lowest BCUT2D eigenvalue weighted by Crippen LogP contribution is -2.48. The van der Waals surface area contributed by atoms with Gasteiger partial charge in [-0.1, -0.05) is 6.08 Å². The summed E-state index contributed by atoms with van der Waals surface area (Å²) in [5.74, 6) is 0.0438. The highest BCUT2D eigenvalue weighted by molar-refractivity contribution is 5.87. The van der Waals surface area contributed by atoms with Gasteiger partial charge in [0.15, 0.2) is 5.78 Å². The smallest absolute Gasteiger partial charge is 0.152 e. The number of carbonyl (C=O) groups excluding carboxylic acids is 1. The molecule has 11 heavy (non-hydrogen) atoms. The van der Waals surface area contributed by atoms with Crippen LogP contribution < -0.4 is 0 Å². The zero-order valence-electron chi connectivity index (χ0n) is 6.59. The minimum absolute atomic E-state index is 0.0438. The molecule has 0 aliphatic carbocycles. The van der Waals surface area contributed by atoms with Crippen LogP contribution in [-0.4, -0.2) is 36.5 Å². The summed E-state index contributed by atoms with van der Waals surface area (Å²) in [5, 5.41) is 0. The molecule has 0 bridgehead atoms. The predicted molar refractivity (Wildman–Crippen MR) is 41.2 cm³/mol. The van der Waals surface area contributed by atoms with Crippen LogP contribution in [-0.2, 0) is 4.79 Å². The molecular weight excluding hydrogens is 145 g/mol. The van der Waals surface area contributed by atoms with E-state index in [1.54, 1.807) is 6.08 Å². The molecule has 0 radical (unpaired) electrons. The molecule has 0 amide bonds. The van der Waals surface area contributed by atoms with Crippen molar-refractivity contribution in [3.8, 4) is 0 Å². The average Bonchev–Trinajstić information content (AvgIpc) is 1.83. The summed E-state index contributed by atoms with van der Waals surface area (Å²) < 4.78 is 12.2. The first-order valence-electron chi connectivity index (χ1n) is 3.72. The van der Waals surface area contributed by atoms with Gasteiger partial charge in [0.1, 0.15) is 6.17 Å². The van der Waals surface area contributed by atoms with E-state index in [0.29, 0.717) is 19.6 Å². The summed E-state index contributed by atoms with van der Waals surface area (Å²) in [4.78, 5) is 12.4. The summed E-state index contributed by atoms with van der Waals surface area (Å²) in [6.45, 7) is 3.23. The minimum atomic E-state index is -0.652. The van der Waals surface area contributed by atoms with Gasteiger partial charge >= 0.3 is 0 Å². The molecule has 1 fully saturated rings. The minimum Gasteiger partial charge on any atom is -0.295 e. The number of carbonyl (C=O) groups is 1. The molecule has 0 spiro atoms. The maximum atomic E-state index is 12.2. The van der Waals surface area contributed by atoms with E-state index in [-0.39, 0.29) is 5.78 Å². The van der Waals surface area contributed by atoms with Gasteiger partial charge in [-0.25, -0.2) is 4.39 Å². The second kappa shape index (κ2) is 3.62. The van der Waals surface area contributed by atoms with Crippen LogP contribution in [0.15, 0.2) is 12.2 Å². The number of allylic oxidation sites excluding steroid dienone is 1. The van der Waals surface area contributed by atoms with Gasteiger partial charge < -0.3 is 0 Å². The van der Waals surface area contributed by atoms with Crippen LogP contribution in [0.5, 0.6) is 0 Å². The summed E-state index contributed by atoms with van der Waals surface area (Å²) in [5.41, 5.74) is 0. The molecule has 1 rings (SSSR count). The number of halogens is 1. The lowest BCUT2D eigenvalue weighted by molar-refractivity contribution is -0.112. The summed E-state index contributed by atoms with van der Waals surface area (Å²) in [7, 11) is 0. The Hall–Kier alpha value is -0.700. The highest BCUT2D eigenvalue weighted by Gasteiger charge is 2.24. The van der Waals surface area contributed by atoms with Crippen LogP contribution in [0.1, 0.15) is 6.92 Å². The fourth-order valence-corrected chi connectivity index (χ4v) is 1.02. The second-order valence-electron chi connectivity index (χ2n) is 2.83. The number of nitrogens with zero attached hydrogens (tertiary/aromatic N) is 1. The molecule has 1 aliphatic rings. The van der Waals surface area contributed by atoms with Gasteiger partial charge in [0.05, 0.1) is 0 Å². The molecule has 3 heteroatoms. The van der Waals surface area contributed by atoms with Gasteiger partial charge in [0.25, 0.3) is 0 Å². The van der Waals surface area contributed by atoms with Crippen LogP contribution in [0.4, 0.5) is 4.39 Å². The average molecular weight is 157 g/mol. The Kier molecular flexibility index (Phi) is 2.76. The third kappa shape index (κ3) is 2.80. The van der Waals surface area contributed by atoms with Crippen molar-refractivity contribution in [3.63, 3.8) is 0 Å². The van der Waals surface area contributed by atoms with Gasteiger partial charge in [0.2, 0.25) is 0 Å². The van der Waals surface area contributed by atoms with E-state index < -0.39 is 6.17 Å². The molecular formula is C8H12FNO. The first kappa shape index (κ1) is 8.40. The molecule has 62 valence electrons. The van der Waals surface area contributed by atoms with Crippen LogP contribution in [0.25, 0.3) is 0 Å². The molecule has 1 saturated heterocycles. The normalized spacial score (nSPS) is 20.5. The van der Waals surface area contributed by atoms with E-state index in [1.807, 2.05) is 4.90 Å². The zero-order chi connectivity index (χ0) is 8.27. The lowest BCUT2D eigenvalue weighted by Gasteiger charge is -2.33. The van der Waals surface area contributed by atoms with Crippen molar-refractivity contribution in [1.29, 1.82) is 0 Å². The van der Waals surface area contributed by atoms with Gasteiger partial charge in [-0.15, -0.1) is 0 Å². The van der Waals surface area contributed by atoms with E-state index in [4.69, 9.17) is 0 Å². The Morgan fingerprint density at radius 3 is 2.82 bits per heavy atom. The van der Waals surface area contributed by atoms with Crippen molar-refractivity contribution in [1.82, 2.24) is 4.90 Å². The first-order valence-corrected chi connectivity index (χ1v) is 3.72. The van der Waals surface area contributed by atoms with Crippen LogP contribution in [0.2, 0.25) is 0 Å². The van der Waals surface area contributed by atoms with Crippen molar-refractivity contribution >= 4 is 5.78 Å². The van der Waals surface area contributed by atoms with Crippen molar-refractivity contribution < 1.29 is 9.18 Å². The maximum absolute atomic E-state index is 12.2. The summed E-state index contributed by atoms with van der Waals surface area (Å²) in [6, 6.07) is 0. The lowest BCUT2D eigenvalue weighted by atomic mass is 10.2. The standard InChI is InChI=1S/C8H12FNO/c1-7(11)3-2-4-10-5-8(9)6-10/h2-3,8H,4-6H2,1H3/b3-2+. The Morgan fingerprint density at radius 2 is 2.36 bits per heavy atom. The van der Waals surface area contributed by atoms with E-state index in [9.17, 15) is 9.18 Å². The molecule has 0 unspecified atom stereocenters. The molecule has 0 aromatic rings. The molecule has 2 nitrogen and oxygen atoms in total. The Labute approximate surface area is 65.7 Å². The van der Waals surface area contributed by atoms with E-state index in [1.165, 1.54) is 13.0 Å². The zero-order valence-corrected chi connectivity index (χ0v) is 6.59. The Morgan fingerprint density at radius 1 is 1.73 bits per heavy atom. The van der Waals surface area contributed by atoms with Crippen molar-refractivity contribution in [2.24, 2.45) is 0 Å². The molecule has 0 N–H and O–H groups in total. The number of likely N-dealkylation sites (tertiary alicyclic amines) is 1. The van der Waals surface area contributed by atoms with Crippen molar-refractivity contribution in [3.05, 3.63) is 12.2 Å². The quantitative estimate of drug-likeness (QED) is 0.564. The number of hydrogen-bond acceptors (Lipinski definition) is 2. The largest absolute Gasteiger partial charge is 0.295 e. The molecule has 0 saturated carbocycles. The molecule has 0 aromatic carbocycles. The fourth-order valence-electron chi connectivity index (χ4n) is 1.02. The molecule has 1 aliphatic heterocycles. The Balaban J connectivity index is 2.09. The third-order valence-electron chi connectivity index (χ3n) is 1.63. The van der Waals surface area contributed by atoms with Gasteiger partial charge in [-0.05, 0) is 13.0 Å². The van der Waals surface area contributed by atoms with Crippen molar-refractivity contribution in [2.75, 3.05) is 19.6 Å². The van der Waals surface area contributed by atoms with Crippen LogP contribution in [0, 0.1) is 0 Å². The van der Waals surface area contributed by atoms with E-state index >= 15 is 0 Å². The highest BCUT2D eigenvalue weighted by atomic mass is 19.1. The third-order valence-corrected chi connectivity index (χ3v) is 1.63. The number of alkyl halides is 1. The first-order chi connectivity index (χ1) is 5.18. The fraction of sp³-hybridized carbons (Fsp3) is 0.625. The number of rotatable bonds is 3. The van der Waals surface area contributed by atoms with Crippen molar-refractivity contribution in [2.45, 2.75) is 13.1 Å². The molecule has 0 aromatic heterocycles. The topological polar surface area (TPSA) is 20.3 Å². The maximum Gasteiger partial charge on any atom is 0.152 e. The van der Waals surface area contributed by atoms with Gasteiger partial charge in [-0.2, -0.15) is 0 Å². The monoisotopic (exact) mass is 157 g/mol. The SMILES string of the molecule is CC(=O)/C=C/CN1CC(F)C1. The van der Waals surface area contributed by atoms with Gasteiger partial charge in [0, 0.05) is 19.6 Å². The summed E-state index contributed by atoms with van der Waals surface area (Å²) >= 11 is 0. The number of ketones is 1. The van der Waals surface area contributed by atoms with Crippen LogP contribution in [0.3, 0.4) is 0 Å². The number of hydrogen-bond donors (Lipinski definition) is 0. The van der Waals surface area contributed by atoms with E-state index in [0.717, 1.165) is 0 Å². The van der Waals surface area contributed by atoms with E-state index in [2.05, 4.69) is 0 Å². The molecule has 1 heterocycles. The van der Waals surface area contributed by atoms with Gasteiger partial charge in [-0.3, -0.25) is 9.69 Å². The summed E-state index contributed by atoms with van der Waals surface area (Å²) in [6.07, 6.45) is 2.64. The van der Waals surface area contributed by atoms with Crippen LogP contribution >= 0.6 is 0 Å². The molecule has 0 atom stereocenters. The predicted octanol–water partition coefficient (Wildman–Crippen LogP) is 0.785. The Bertz CT molecular complexity index is 173.